The summed E-state index contributed by atoms with van der Waals surface area (Å²) in [4.78, 5) is 17.4. The highest BCUT2D eigenvalue weighted by Gasteiger charge is 2.30. The third-order valence-corrected chi connectivity index (χ3v) is 4.67. The van der Waals surface area contributed by atoms with E-state index in [1.165, 1.54) is 6.07 Å². The summed E-state index contributed by atoms with van der Waals surface area (Å²) >= 11 is 0. The van der Waals surface area contributed by atoms with Crippen LogP contribution in [0.3, 0.4) is 0 Å². The van der Waals surface area contributed by atoms with Gasteiger partial charge in [0.05, 0.1) is 28.5 Å². The summed E-state index contributed by atoms with van der Waals surface area (Å²) in [5.74, 6) is 0.848. The molecule has 27 heavy (non-hydrogen) atoms. The molecule has 0 radical (unpaired) electrons. The third kappa shape index (κ3) is 4.00. The number of piperazine rings is 1. The van der Waals surface area contributed by atoms with Crippen molar-refractivity contribution in [2.75, 3.05) is 31.1 Å². The van der Waals surface area contributed by atoms with Gasteiger partial charge in [0.25, 0.3) is 0 Å². The van der Waals surface area contributed by atoms with Gasteiger partial charge in [0, 0.05) is 38.9 Å². The molecule has 1 fully saturated rings. The van der Waals surface area contributed by atoms with E-state index in [2.05, 4.69) is 24.8 Å². The maximum atomic E-state index is 12.6. The lowest BCUT2D eigenvalue weighted by Gasteiger charge is -2.35. The van der Waals surface area contributed by atoms with Gasteiger partial charge in [0.2, 0.25) is 0 Å². The fourth-order valence-electron chi connectivity index (χ4n) is 3.15. The molecule has 0 atom stereocenters. The van der Waals surface area contributed by atoms with E-state index in [4.69, 9.17) is 0 Å². The van der Waals surface area contributed by atoms with Crippen molar-refractivity contribution in [3.8, 4) is 0 Å². The summed E-state index contributed by atoms with van der Waals surface area (Å²) in [6.07, 6.45) is -1.66. The van der Waals surface area contributed by atoms with Crippen LogP contribution in [0.25, 0.3) is 11.0 Å². The van der Waals surface area contributed by atoms with Gasteiger partial charge in [0.1, 0.15) is 5.82 Å². The van der Waals surface area contributed by atoms with Crippen molar-refractivity contribution in [2.45, 2.75) is 12.7 Å². The molecule has 4 rings (SSSR count). The van der Waals surface area contributed by atoms with E-state index in [9.17, 15) is 13.2 Å². The Labute approximate surface area is 154 Å². The van der Waals surface area contributed by atoms with Gasteiger partial charge in [-0.05, 0) is 24.3 Å². The minimum atomic E-state index is -4.35. The van der Waals surface area contributed by atoms with Crippen molar-refractivity contribution in [2.24, 2.45) is 0 Å². The fourth-order valence-corrected chi connectivity index (χ4v) is 3.15. The fraction of sp³-hybridized carbons (Fsp3) is 0.316. The molecule has 3 aromatic rings. The van der Waals surface area contributed by atoms with Crippen LogP contribution in [0.4, 0.5) is 19.0 Å². The maximum Gasteiger partial charge on any atom is 0.417 e. The van der Waals surface area contributed by atoms with Crippen LogP contribution in [0.15, 0.2) is 48.8 Å². The lowest BCUT2D eigenvalue weighted by molar-refractivity contribution is -0.137. The number of alkyl halides is 3. The number of fused-ring (bicyclic) bond motifs is 1. The predicted octanol–water partition coefficient (Wildman–Crippen LogP) is 3.37. The van der Waals surface area contributed by atoms with Crippen molar-refractivity contribution in [1.82, 2.24) is 19.9 Å². The molecule has 8 heteroatoms. The predicted molar refractivity (Wildman–Crippen MR) is 96.3 cm³/mol. The molecule has 0 bridgehead atoms. The van der Waals surface area contributed by atoms with E-state index in [1.54, 1.807) is 6.20 Å². The smallest absolute Gasteiger partial charge is 0.353 e. The van der Waals surface area contributed by atoms with Crippen molar-refractivity contribution < 1.29 is 13.2 Å². The largest absolute Gasteiger partial charge is 0.417 e. The number of pyridine rings is 1. The Morgan fingerprint density at radius 1 is 0.852 bits per heavy atom. The molecular formula is C19H18F3N5. The molecule has 2 aromatic heterocycles. The number of hydrogen-bond acceptors (Lipinski definition) is 5. The van der Waals surface area contributed by atoms with E-state index in [0.717, 1.165) is 55.3 Å². The van der Waals surface area contributed by atoms with E-state index in [-0.39, 0.29) is 0 Å². The summed E-state index contributed by atoms with van der Waals surface area (Å²) in [6, 6.07) is 10.3. The Balaban J connectivity index is 1.37. The molecule has 140 valence electrons. The minimum Gasteiger partial charge on any atom is -0.353 e. The normalized spacial score (nSPS) is 16.0. The summed E-state index contributed by atoms with van der Waals surface area (Å²) < 4.78 is 37.8. The summed E-state index contributed by atoms with van der Waals surface area (Å²) in [7, 11) is 0. The third-order valence-electron chi connectivity index (χ3n) is 4.67. The second-order valence-corrected chi connectivity index (χ2v) is 6.52. The molecule has 1 saturated heterocycles. The first-order valence-corrected chi connectivity index (χ1v) is 8.70. The zero-order chi connectivity index (χ0) is 18.9. The van der Waals surface area contributed by atoms with Gasteiger partial charge in [-0.25, -0.2) is 4.98 Å². The zero-order valence-corrected chi connectivity index (χ0v) is 14.5. The van der Waals surface area contributed by atoms with Gasteiger partial charge in [-0.1, -0.05) is 12.1 Å². The lowest BCUT2D eigenvalue weighted by atomic mass is 10.2. The number of rotatable bonds is 3. The van der Waals surface area contributed by atoms with Gasteiger partial charge in [0.15, 0.2) is 0 Å². The first kappa shape index (κ1) is 17.7. The van der Waals surface area contributed by atoms with E-state index in [0.29, 0.717) is 12.2 Å². The van der Waals surface area contributed by atoms with Crippen LogP contribution in [0.5, 0.6) is 0 Å². The summed E-state index contributed by atoms with van der Waals surface area (Å²) in [5, 5.41) is 0. The molecule has 1 aliphatic heterocycles. The minimum absolute atomic E-state index is 0.537. The first-order chi connectivity index (χ1) is 13.0. The Morgan fingerprint density at radius 3 is 2.26 bits per heavy atom. The highest BCUT2D eigenvalue weighted by molar-refractivity contribution is 5.75. The molecule has 0 aliphatic carbocycles. The monoisotopic (exact) mass is 373 g/mol. The standard InChI is InChI=1S/C19H18F3N5/c20-19(21,22)14-5-6-15(23-11-14)13-26-7-9-27(10-8-26)18-12-24-16-3-1-2-4-17(16)25-18/h1-6,11-12H,7-10,13H2. The molecule has 1 aliphatic rings. The average molecular weight is 373 g/mol. The van der Waals surface area contributed by atoms with E-state index < -0.39 is 11.7 Å². The van der Waals surface area contributed by atoms with Gasteiger partial charge in [-0.2, -0.15) is 13.2 Å². The number of benzene rings is 1. The Hall–Kier alpha value is -2.74. The van der Waals surface area contributed by atoms with E-state index >= 15 is 0 Å². The summed E-state index contributed by atoms with van der Waals surface area (Å²) in [6.45, 7) is 3.69. The molecule has 0 unspecified atom stereocenters. The molecule has 0 amide bonds. The number of halogens is 3. The Kier molecular flexibility index (Phi) is 4.65. The van der Waals surface area contributed by atoms with Gasteiger partial charge >= 0.3 is 6.18 Å². The molecule has 0 spiro atoms. The van der Waals surface area contributed by atoms with Crippen molar-refractivity contribution in [3.63, 3.8) is 0 Å². The average Bonchev–Trinajstić information content (AvgIpc) is 2.68. The van der Waals surface area contributed by atoms with Crippen molar-refractivity contribution in [3.05, 3.63) is 60.0 Å². The molecule has 0 saturated carbocycles. The molecular weight excluding hydrogens is 355 g/mol. The van der Waals surface area contributed by atoms with Crippen LogP contribution < -0.4 is 4.90 Å². The highest BCUT2D eigenvalue weighted by Crippen LogP contribution is 2.28. The number of hydrogen-bond donors (Lipinski definition) is 0. The van der Waals surface area contributed by atoms with Gasteiger partial charge in [-0.15, -0.1) is 0 Å². The van der Waals surface area contributed by atoms with Crippen molar-refractivity contribution >= 4 is 16.9 Å². The van der Waals surface area contributed by atoms with Gasteiger partial charge in [-0.3, -0.25) is 14.9 Å². The summed E-state index contributed by atoms with van der Waals surface area (Å²) in [5.41, 5.74) is 1.66. The SMILES string of the molecule is FC(F)(F)c1ccc(CN2CCN(c3cnc4ccccc4n3)CC2)nc1. The van der Waals surface area contributed by atoms with Crippen LogP contribution in [0, 0.1) is 0 Å². The second-order valence-electron chi connectivity index (χ2n) is 6.52. The van der Waals surface area contributed by atoms with E-state index in [1.807, 2.05) is 24.3 Å². The highest BCUT2D eigenvalue weighted by atomic mass is 19.4. The molecule has 5 nitrogen and oxygen atoms in total. The second kappa shape index (κ2) is 7.11. The number of para-hydroxylation sites is 2. The quantitative estimate of drug-likeness (QED) is 0.704. The van der Waals surface area contributed by atoms with Crippen LogP contribution in [-0.2, 0) is 12.7 Å². The molecule has 1 aromatic carbocycles. The first-order valence-electron chi connectivity index (χ1n) is 8.70. The van der Waals surface area contributed by atoms with Crippen LogP contribution in [0.1, 0.15) is 11.3 Å². The maximum absolute atomic E-state index is 12.6. The van der Waals surface area contributed by atoms with Crippen molar-refractivity contribution in [1.29, 1.82) is 0 Å². The lowest BCUT2D eigenvalue weighted by Crippen LogP contribution is -2.46. The number of nitrogens with zero attached hydrogens (tertiary/aromatic N) is 5. The Bertz CT molecular complexity index is 919. The van der Waals surface area contributed by atoms with Crippen LogP contribution in [-0.4, -0.2) is 46.0 Å². The topological polar surface area (TPSA) is 45.2 Å². The number of anilines is 1. The number of aromatic nitrogens is 3. The zero-order valence-electron chi connectivity index (χ0n) is 14.5. The molecule has 3 heterocycles. The van der Waals surface area contributed by atoms with Crippen LogP contribution >= 0.6 is 0 Å². The Morgan fingerprint density at radius 2 is 1.59 bits per heavy atom. The van der Waals surface area contributed by atoms with Gasteiger partial charge < -0.3 is 4.90 Å². The van der Waals surface area contributed by atoms with Crippen LogP contribution in [0.2, 0.25) is 0 Å². The molecule has 0 N–H and O–H groups in total.